The van der Waals surface area contributed by atoms with E-state index in [4.69, 9.17) is 23.2 Å². The summed E-state index contributed by atoms with van der Waals surface area (Å²) in [6, 6.07) is 13.0. The lowest BCUT2D eigenvalue weighted by Gasteiger charge is -2.00. The third kappa shape index (κ3) is 3.71. The average Bonchev–Trinajstić information content (AvgIpc) is 3.28. The molecule has 140 valence electrons. The van der Waals surface area contributed by atoms with Crippen LogP contribution in [0.3, 0.4) is 0 Å². The first-order valence-corrected chi connectivity index (χ1v) is 10.4. The summed E-state index contributed by atoms with van der Waals surface area (Å²) in [5.41, 5.74) is 4.94. The zero-order valence-corrected chi connectivity index (χ0v) is 18.0. The Labute approximate surface area is 182 Å². The Kier molecular flexibility index (Phi) is 5.50. The van der Waals surface area contributed by atoms with Gasteiger partial charge >= 0.3 is 0 Å². The van der Waals surface area contributed by atoms with Gasteiger partial charge in [0.05, 0.1) is 23.1 Å². The number of hydrogen-bond acceptors (Lipinski definition) is 4. The number of rotatable bonds is 4. The number of nitrogens with one attached hydrogen (secondary N) is 2. The number of thiophene rings is 1. The Bertz CT molecular complexity index is 1200. The van der Waals surface area contributed by atoms with Crippen LogP contribution < -0.4 is 5.43 Å². The number of carbonyl (C=O) groups excluding carboxylic acids is 1. The Morgan fingerprint density at radius 1 is 1.21 bits per heavy atom. The van der Waals surface area contributed by atoms with E-state index in [1.54, 1.807) is 18.3 Å². The molecule has 28 heavy (non-hydrogen) atoms. The number of hydrazone groups is 1. The second kappa shape index (κ2) is 8.05. The number of halogens is 3. The SMILES string of the molecule is O=C(N/N=C/c1cn[nH]c1-c1ccc(Cl)cc1)c1sc2cccc(Br)c2c1Cl. The van der Waals surface area contributed by atoms with E-state index in [0.29, 0.717) is 14.9 Å². The second-order valence-corrected chi connectivity index (χ2v) is 8.49. The van der Waals surface area contributed by atoms with Gasteiger partial charge in [0.2, 0.25) is 0 Å². The number of amides is 1. The van der Waals surface area contributed by atoms with Gasteiger partial charge in [0.25, 0.3) is 5.91 Å². The number of aromatic amines is 1. The molecular formula is C19H11BrCl2N4OS. The number of carbonyl (C=O) groups is 1. The van der Waals surface area contributed by atoms with Crippen molar-refractivity contribution in [3.63, 3.8) is 0 Å². The van der Waals surface area contributed by atoms with Crippen LogP contribution in [-0.2, 0) is 0 Å². The monoisotopic (exact) mass is 492 g/mol. The quantitative estimate of drug-likeness (QED) is 0.265. The maximum absolute atomic E-state index is 12.5. The zero-order valence-electron chi connectivity index (χ0n) is 14.0. The molecule has 0 saturated carbocycles. The Morgan fingerprint density at radius 2 is 2.00 bits per heavy atom. The third-order valence-electron chi connectivity index (χ3n) is 3.98. The van der Waals surface area contributed by atoms with Gasteiger partial charge in [-0.15, -0.1) is 11.3 Å². The molecule has 0 saturated heterocycles. The Hall–Kier alpha value is -2.19. The van der Waals surface area contributed by atoms with Crippen molar-refractivity contribution in [1.29, 1.82) is 0 Å². The van der Waals surface area contributed by atoms with Crippen molar-refractivity contribution < 1.29 is 4.79 Å². The van der Waals surface area contributed by atoms with E-state index in [1.807, 2.05) is 30.3 Å². The first-order valence-electron chi connectivity index (χ1n) is 8.04. The summed E-state index contributed by atoms with van der Waals surface area (Å²) in [6.07, 6.45) is 3.16. The number of aromatic nitrogens is 2. The highest BCUT2D eigenvalue weighted by Crippen LogP contribution is 2.39. The zero-order chi connectivity index (χ0) is 19.7. The standard InChI is InChI=1S/C19H11BrCl2N4OS/c20-13-2-1-3-14-15(13)16(22)18(28-14)19(27)26-24-9-11-8-23-25-17(11)10-4-6-12(21)7-5-10/h1-9H,(H,23,25)(H,26,27)/b24-9+. The fourth-order valence-electron chi connectivity index (χ4n) is 2.67. The highest BCUT2D eigenvalue weighted by Gasteiger charge is 2.18. The minimum absolute atomic E-state index is 0.370. The topological polar surface area (TPSA) is 70.1 Å². The van der Waals surface area contributed by atoms with Crippen LogP contribution in [0.2, 0.25) is 10.0 Å². The van der Waals surface area contributed by atoms with Gasteiger partial charge in [0.1, 0.15) is 4.88 Å². The lowest BCUT2D eigenvalue weighted by molar-refractivity contribution is 0.0959. The maximum Gasteiger partial charge on any atom is 0.283 e. The van der Waals surface area contributed by atoms with E-state index < -0.39 is 0 Å². The van der Waals surface area contributed by atoms with Crippen molar-refractivity contribution in [3.8, 4) is 11.3 Å². The minimum atomic E-state index is -0.370. The molecule has 0 atom stereocenters. The van der Waals surface area contributed by atoms with E-state index in [2.05, 4.69) is 36.7 Å². The van der Waals surface area contributed by atoms with Gasteiger partial charge < -0.3 is 0 Å². The second-order valence-electron chi connectivity index (χ2n) is 5.76. The normalized spacial score (nSPS) is 11.4. The smallest absolute Gasteiger partial charge is 0.277 e. The highest BCUT2D eigenvalue weighted by molar-refractivity contribution is 9.10. The van der Waals surface area contributed by atoms with Gasteiger partial charge in [0.15, 0.2) is 0 Å². The van der Waals surface area contributed by atoms with Crippen LogP contribution in [0.1, 0.15) is 15.2 Å². The largest absolute Gasteiger partial charge is 0.283 e. The van der Waals surface area contributed by atoms with E-state index in [1.165, 1.54) is 17.6 Å². The molecule has 4 aromatic rings. The molecule has 0 aliphatic carbocycles. The minimum Gasteiger partial charge on any atom is -0.277 e. The maximum atomic E-state index is 12.5. The van der Waals surface area contributed by atoms with Crippen molar-refractivity contribution in [2.24, 2.45) is 5.10 Å². The molecule has 1 amide bonds. The van der Waals surface area contributed by atoms with E-state index in [9.17, 15) is 4.79 Å². The number of nitrogens with zero attached hydrogens (tertiary/aromatic N) is 2. The van der Waals surface area contributed by atoms with Gasteiger partial charge in [-0.05, 0) is 24.3 Å². The number of hydrogen-bond donors (Lipinski definition) is 2. The van der Waals surface area contributed by atoms with Gasteiger partial charge in [-0.1, -0.05) is 57.3 Å². The fraction of sp³-hybridized carbons (Fsp3) is 0. The van der Waals surface area contributed by atoms with Crippen LogP contribution >= 0.6 is 50.5 Å². The molecule has 0 spiro atoms. The van der Waals surface area contributed by atoms with E-state index in [0.717, 1.165) is 31.4 Å². The number of fused-ring (bicyclic) bond motifs is 1. The molecule has 2 aromatic carbocycles. The van der Waals surface area contributed by atoms with Gasteiger partial charge in [0, 0.05) is 30.7 Å². The molecule has 0 radical (unpaired) electrons. The van der Waals surface area contributed by atoms with Gasteiger partial charge in [-0.3, -0.25) is 9.89 Å². The van der Waals surface area contributed by atoms with Crippen molar-refractivity contribution >= 4 is 72.7 Å². The van der Waals surface area contributed by atoms with Gasteiger partial charge in [-0.2, -0.15) is 10.2 Å². The molecule has 4 rings (SSSR count). The summed E-state index contributed by atoms with van der Waals surface area (Å²) < 4.78 is 1.77. The molecule has 0 aliphatic heterocycles. The first kappa shape index (κ1) is 19.1. The van der Waals surface area contributed by atoms with Crippen molar-refractivity contribution in [1.82, 2.24) is 15.6 Å². The molecule has 5 nitrogen and oxygen atoms in total. The van der Waals surface area contributed by atoms with Crippen LogP contribution in [-0.4, -0.2) is 22.3 Å². The summed E-state index contributed by atoms with van der Waals surface area (Å²) in [7, 11) is 0. The number of benzene rings is 2. The van der Waals surface area contributed by atoms with Crippen LogP contribution in [0.4, 0.5) is 0 Å². The molecule has 2 heterocycles. The predicted molar refractivity (Wildman–Crippen MR) is 119 cm³/mol. The first-order chi connectivity index (χ1) is 13.5. The molecule has 2 N–H and O–H groups in total. The lowest BCUT2D eigenvalue weighted by Crippen LogP contribution is -2.16. The molecule has 0 unspecified atom stereocenters. The Balaban J connectivity index is 1.54. The number of H-pyrrole nitrogens is 1. The summed E-state index contributed by atoms with van der Waals surface area (Å²) in [5, 5.41) is 12.9. The van der Waals surface area contributed by atoms with Crippen molar-refractivity contribution in [2.45, 2.75) is 0 Å². The summed E-state index contributed by atoms with van der Waals surface area (Å²) in [5.74, 6) is -0.370. The Morgan fingerprint density at radius 3 is 2.75 bits per heavy atom. The molecular weight excluding hydrogens is 483 g/mol. The van der Waals surface area contributed by atoms with Crippen LogP contribution in [0.25, 0.3) is 21.3 Å². The van der Waals surface area contributed by atoms with Gasteiger partial charge in [-0.25, -0.2) is 5.43 Å². The fourth-order valence-corrected chi connectivity index (χ4v) is 5.08. The average molecular weight is 494 g/mol. The summed E-state index contributed by atoms with van der Waals surface area (Å²) >= 11 is 17.1. The molecule has 9 heteroatoms. The van der Waals surface area contributed by atoms with Crippen molar-refractivity contribution in [3.05, 3.63) is 73.6 Å². The van der Waals surface area contributed by atoms with Crippen LogP contribution in [0, 0.1) is 0 Å². The summed E-state index contributed by atoms with van der Waals surface area (Å²) in [6.45, 7) is 0. The lowest BCUT2D eigenvalue weighted by atomic mass is 10.1. The molecule has 2 aromatic heterocycles. The predicted octanol–water partition coefficient (Wildman–Crippen LogP) is 6.12. The van der Waals surface area contributed by atoms with Crippen LogP contribution in [0.15, 0.2) is 58.2 Å². The molecule has 0 fully saturated rings. The molecule has 0 aliphatic rings. The third-order valence-corrected chi connectivity index (χ3v) is 6.54. The highest BCUT2D eigenvalue weighted by atomic mass is 79.9. The van der Waals surface area contributed by atoms with Crippen molar-refractivity contribution in [2.75, 3.05) is 0 Å². The van der Waals surface area contributed by atoms with E-state index >= 15 is 0 Å². The summed E-state index contributed by atoms with van der Waals surface area (Å²) in [4.78, 5) is 12.9. The molecule has 0 bridgehead atoms. The van der Waals surface area contributed by atoms with E-state index in [-0.39, 0.29) is 5.91 Å². The van der Waals surface area contributed by atoms with Crippen LogP contribution in [0.5, 0.6) is 0 Å².